The Morgan fingerprint density at radius 1 is 1.29 bits per heavy atom. The molecule has 0 spiro atoms. The molecule has 0 saturated carbocycles. The van der Waals surface area contributed by atoms with E-state index in [4.69, 9.17) is 17.3 Å². The van der Waals surface area contributed by atoms with Crippen molar-refractivity contribution in [1.82, 2.24) is 14.8 Å². The first-order valence-corrected chi connectivity index (χ1v) is 5.93. The molecule has 0 saturated heterocycles. The van der Waals surface area contributed by atoms with Crippen LogP contribution < -0.4 is 5.73 Å². The second-order valence-electron chi connectivity index (χ2n) is 3.91. The van der Waals surface area contributed by atoms with E-state index in [1.165, 1.54) is 0 Å². The minimum atomic E-state index is 0.389. The van der Waals surface area contributed by atoms with Crippen LogP contribution in [0.1, 0.15) is 18.3 Å². The number of aryl methyl sites for hydroxylation is 1. The van der Waals surface area contributed by atoms with Crippen molar-refractivity contribution < 1.29 is 0 Å². The van der Waals surface area contributed by atoms with E-state index >= 15 is 0 Å². The Balaban J connectivity index is 2.55. The fourth-order valence-electron chi connectivity index (χ4n) is 1.90. The lowest BCUT2D eigenvalue weighted by Gasteiger charge is -2.07. The Morgan fingerprint density at radius 3 is 2.65 bits per heavy atom. The van der Waals surface area contributed by atoms with Crippen molar-refractivity contribution in [2.75, 3.05) is 0 Å². The summed E-state index contributed by atoms with van der Waals surface area (Å²) in [5.41, 5.74) is 7.71. The van der Waals surface area contributed by atoms with E-state index in [1.807, 2.05) is 36.6 Å². The zero-order chi connectivity index (χ0) is 12.4. The molecule has 0 atom stereocenters. The van der Waals surface area contributed by atoms with E-state index in [0.29, 0.717) is 11.6 Å². The van der Waals surface area contributed by atoms with Crippen LogP contribution in [0.3, 0.4) is 0 Å². The molecule has 1 heterocycles. The van der Waals surface area contributed by atoms with E-state index in [2.05, 4.69) is 10.2 Å². The van der Waals surface area contributed by atoms with Crippen LogP contribution in [-0.4, -0.2) is 14.8 Å². The van der Waals surface area contributed by atoms with Gasteiger partial charge in [-0.25, -0.2) is 0 Å². The summed E-state index contributed by atoms with van der Waals surface area (Å²) < 4.78 is 2.01. The molecule has 1 aromatic heterocycles. The standard InChI is InChI=1S/C12H15ClN4/c1-3-17-11(7-14)15-16-12(17)9-4-8(2)5-10(13)6-9/h4-6H,3,7,14H2,1-2H3. The molecule has 0 radical (unpaired) electrons. The molecule has 0 aliphatic carbocycles. The number of hydrogen-bond donors (Lipinski definition) is 1. The summed E-state index contributed by atoms with van der Waals surface area (Å²) in [5, 5.41) is 8.98. The minimum Gasteiger partial charge on any atom is -0.324 e. The van der Waals surface area contributed by atoms with Crippen LogP contribution in [0.5, 0.6) is 0 Å². The lowest BCUT2D eigenvalue weighted by Crippen LogP contribution is -2.08. The number of rotatable bonds is 3. The van der Waals surface area contributed by atoms with E-state index in [1.54, 1.807) is 0 Å². The van der Waals surface area contributed by atoms with Gasteiger partial charge in [0.05, 0.1) is 6.54 Å². The van der Waals surface area contributed by atoms with Crippen molar-refractivity contribution >= 4 is 11.6 Å². The molecule has 0 unspecified atom stereocenters. The van der Waals surface area contributed by atoms with Crippen LogP contribution in [0, 0.1) is 6.92 Å². The molecule has 90 valence electrons. The number of benzene rings is 1. The highest BCUT2D eigenvalue weighted by molar-refractivity contribution is 6.30. The van der Waals surface area contributed by atoms with Gasteiger partial charge in [0.15, 0.2) is 5.82 Å². The van der Waals surface area contributed by atoms with E-state index in [9.17, 15) is 0 Å². The van der Waals surface area contributed by atoms with Gasteiger partial charge in [0, 0.05) is 17.1 Å². The smallest absolute Gasteiger partial charge is 0.164 e. The highest BCUT2D eigenvalue weighted by Crippen LogP contribution is 2.23. The van der Waals surface area contributed by atoms with Crippen molar-refractivity contribution in [2.24, 2.45) is 5.73 Å². The monoisotopic (exact) mass is 250 g/mol. The number of halogens is 1. The van der Waals surface area contributed by atoms with Gasteiger partial charge < -0.3 is 10.3 Å². The molecular formula is C12H15ClN4. The van der Waals surface area contributed by atoms with Crippen LogP contribution >= 0.6 is 11.6 Å². The van der Waals surface area contributed by atoms with Crippen LogP contribution in [0.4, 0.5) is 0 Å². The van der Waals surface area contributed by atoms with Crippen LogP contribution in [0.15, 0.2) is 18.2 Å². The maximum atomic E-state index is 6.05. The second kappa shape index (κ2) is 4.85. The zero-order valence-electron chi connectivity index (χ0n) is 9.94. The summed E-state index contributed by atoms with van der Waals surface area (Å²) >= 11 is 6.05. The molecule has 0 aliphatic heterocycles. The Bertz CT molecular complexity index is 513. The van der Waals surface area contributed by atoms with Crippen LogP contribution in [0.2, 0.25) is 5.02 Å². The van der Waals surface area contributed by atoms with E-state index in [-0.39, 0.29) is 0 Å². The topological polar surface area (TPSA) is 56.7 Å². The maximum Gasteiger partial charge on any atom is 0.164 e. The average Bonchev–Trinajstić information content (AvgIpc) is 2.70. The molecule has 4 nitrogen and oxygen atoms in total. The molecule has 1 aromatic carbocycles. The van der Waals surface area contributed by atoms with Crippen LogP contribution in [0.25, 0.3) is 11.4 Å². The lowest BCUT2D eigenvalue weighted by molar-refractivity contribution is 0.704. The Morgan fingerprint density at radius 2 is 2.06 bits per heavy atom. The highest BCUT2D eigenvalue weighted by atomic mass is 35.5. The molecule has 17 heavy (non-hydrogen) atoms. The van der Waals surface area contributed by atoms with Crippen molar-refractivity contribution in [3.63, 3.8) is 0 Å². The van der Waals surface area contributed by atoms with Gasteiger partial charge in [-0.15, -0.1) is 10.2 Å². The normalized spacial score (nSPS) is 10.8. The first-order chi connectivity index (χ1) is 8.15. The Hall–Kier alpha value is -1.39. The first-order valence-electron chi connectivity index (χ1n) is 5.55. The summed E-state index contributed by atoms with van der Waals surface area (Å²) in [6.07, 6.45) is 0. The van der Waals surface area contributed by atoms with Gasteiger partial charge in [-0.1, -0.05) is 11.6 Å². The fraction of sp³-hybridized carbons (Fsp3) is 0.333. The Kier molecular flexibility index (Phi) is 3.45. The van der Waals surface area contributed by atoms with Crippen molar-refractivity contribution in [2.45, 2.75) is 26.9 Å². The summed E-state index contributed by atoms with van der Waals surface area (Å²) in [4.78, 5) is 0. The molecule has 0 amide bonds. The molecule has 0 fully saturated rings. The number of nitrogens with two attached hydrogens (primary N) is 1. The van der Waals surface area contributed by atoms with Gasteiger partial charge in [0.2, 0.25) is 0 Å². The van der Waals surface area contributed by atoms with Gasteiger partial charge in [0.25, 0.3) is 0 Å². The largest absolute Gasteiger partial charge is 0.324 e. The summed E-state index contributed by atoms with van der Waals surface area (Å²) in [6.45, 7) is 5.23. The van der Waals surface area contributed by atoms with E-state index in [0.717, 1.165) is 29.3 Å². The summed E-state index contributed by atoms with van der Waals surface area (Å²) in [6, 6.07) is 5.86. The predicted octanol–water partition coefficient (Wildman–Crippen LogP) is 2.39. The second-order valence-corrected chi connectivity index (χ2v) is 4.34. The Labute approximate surface area is 105 Å². The third-order valence-corrected chi connectivity index (χ3v) is 2.84. The maximum absolute atomic E-state index is 6.05. The quantitative estimate of drug-likeness (QED) is 0.910. The zero-order valence-corrected chi connectivity index (χ0v) is 10.7. The number of hydrogen-bond acceptors (Lipinski definition) is 3. The van der Waals surface area contributed by atoms with E-state index < -0.39 is 0 Å². The fourth-order valence-corrected chi connectivity index (χ4v) is 2.19. The van der Waals surface area contributed by atoms with Gasteiger partial charge in [-0.2, -0.15) is 0 Å². The lowest BCUT2D eigenvalue weighted by atomic mass is 10.1. The van der Waals surface area contributed by atoms with Gasteiger partial charge in [0.1, 0.15) is 5.82 Å². The van der Waals surface area contributed by atoms with Crippen molar-refractivity contribution in [3.8, 4) is 11.4 Å². The molecule has 0 aliphatic rings. The molecule has 2 N–H and O–H groups in total. The third kappa shape index (κ3) is 2.33. The van der Waals surface area contributed by atoms with Gasteiger partial charge in [-0.05, 0) is 37.6 Å². The van der Waals surface area contributed by atoms with Gasteiger partial charge in [-0.3, -0.25) is 0 Å². The third-order valence-electron chi connectivity index (χ3n) is 2.63. The number of nitrogens with zero attached hydrogens (tertiary/aromatic N) is 3. The molecule has 0 bridgehead atoms. The SMILES string of the molecule is CCn1c(CN)nnc1-c1cc(C)cc(Cl)c1. The van der Waals surface area contributed by atoms with Crippen molar-refractivity contribution in [3.05, 3.63) is 34.6 Å². The molecular weight excluding hydrogens is 236 g/mol. The predicted molar refractivity (Wildman–Crippen MR) is 68.8 cm³/mol. The summed E-state index contributed by atoms with van der Waals surface area (Å²) in [7, 11) is 0. The summed E-state index contributed by atoms with van der Waals surface area (Å²) in [5.74, 6) is 1.61. The van der Waals surface area contributed by atoms with Crippen LogP contribution in [-0.2, 0) is 13.1 Å². The first kappa shape index (κ1) is 12.1. The molecule has 2 aromatic rings. The molecule has 2 rings (SSSR count). The van der Waals surface area contributed by atoms with Crippen molar-refractivity contribution in [1.29, 1.82) is 0 Å². The average molecular weight is 251 g/mol. The minimum absolute atomic E-state index is 0.389. The van der Waals surface area contributed by atoms with Gasteiger partial charge >= 0.3 is 0 Å². The number of aromatic nitrogens is 3. The molecule has 5 heteroatoms. The highest BCUT2D eigenvalue weighted by Gasteiger charge is 2.12.